The molecular formula is C4H6O7. The van der Waals surface area contributed by atoms with Crippen molar-refractivity contribution in [1.82, 2.24) is 0 Å². The highest BCUT2D eigenvalue weighted by Crippen LogP contribution is 2.00. The molecule has 0 fully saturated rings. The lowest BCUT2D eigenvalue weighted by molar-refractivity contribution is -0.232. The summed E-state index contributed by atoms with van der Waals surface area (Å²) in [6, 6.07) is 0. The lowest BCUT2D eigenvalue weighted by atomic mass is 10.5. The van der Waals surface area contributed by atoms with Crippen LogP contribution in [0.4, 0.5) is 0 Å². The zero-order valence-electron chi connectivity index (χ0n) is 5.13. The lowest BCUT2D eigenvalue weighted by Gasteiger charge is -2.04. The molecule has 0 aromatic rings. The summed E-state index contributed by atoms with van der Waals surface area (Å²) in [7, 11) is 0. The number of carboxylic acid groups (broad SMARTS) is 1. The summed E-state index contributed by atoms with van der Waals surface area (Å²) in [5.74, 6) is -4.81. The molecule has 0 unspecified atom stereocenters. The molecule has 0 spiro atoms. The molecule has 0 aliphatic heterocycles. The van der Waals surface area contributed by atoms with E-state index in [2.05, 4.69) is 4.74 Å². The van der Waals surface area contributed by atoms with Crippen molar-refractivity contribution in [3.8, 4) is 0 Å². The van der Waals surface area contributed by atoms with Gasteiger partial charge in [-0.15, -0.1) is 0 Å². The SMILES string of the molecule is O=C(O)/C(O)=C(/O)OC(O)O. The van der Waals surface area contributed by atoms with Crippen LogP contribution in [0.3, 0.4) is 0 Å². The van der Waals surface area contributed by atoms with E-state index < -0.39 is 24.1 Å². The van der Waals surface area contributed by atoms with Crippen molar-refractivity contribution in [2.75, 3.05) is 0 Å². The minimum Gasteiger partial charge on any atom is -0.497 e. The molecule has 0 aliphatic carbocycles. The van der Waals surface area contributed by atoms with Crippen molar-refractivity contribution >= 4 is 5.97 Å². The summed E-state index contributed by atoms with van der Waals surface area (Å²) in [6.45, 7) is -2.38. The van der Waals surface area contributed by atoms with Gasteiger partial charge in [0.05, 0.1) is 0 Å². The predicted octanol–water partition coefficient (Wildman–Crippen LogP) is -1.36. The first kappa shape index (κ1) is 9.53. The van der Waals surface area contributed by atoms with E-state index in [0.29, 0.717) is 0 Å². The van der Waals surface area contributed by atoms with E-state index in [-0.39, 0.29) is 0 Å². The smallest absolute Gasteiger partial charge is 0.378 e. The van der Waals surface area contributed by atoms with Gasteiger partial charge in [-0.05, 0) is 0 Å². The van der Waals surface area contributed by atoms with Gasteiger partial charge in [0.25, 0.3) is 5.76 Å². The van der Waals surface area contributed by atoms with E-state index in [1.807, 2.05) is 0 Å². The Kier molecular flexibility index (Phi) is 3.15. The summed E-state index contributed by atoms with van der Waals surface area (Å²) < 4.78 is 3.59. The molecule has 7 heteroatoms. The van der Waals surface area contributed by atoms with Crippen LogP contribution in [-0.2, 0) is 9.53 Å². The summed E-state index contributed by atoms with van der Waals surface area (Å²) in [5.41, 5.74) is 0. The first-order chi connectivity index (χ1) is 4.95. The van der Waals surface area contributed by atoms with Crippen LogP contribution in [0.5, 0.6) is 0 Å². The first-order valence-electron chi connectivity index (χ1n) is 2.33. The number of carboxylic acids is 1. The standard InChI is InChI=1S/C4H6O7/c5-1(2(6)7)3(8)11-4(9)10/h4-5,8-10H,(H,6,7)/b3-1+. The molecule has 0 amide bonds. The number of aliphatic carboxylic acids is 1. The average molecular weight is 166 g/mol. The topological polar surface area (TPSA) is 127 Å². The van der Waals surface area contributed by atoms with Crippen molar-refractivity contribution in [2.45, 2.75) is 6.48 Å². The molecule has 0 atom stereocenters. The van der Waals surface area contributed by atoms with Crippen molar-refractivity contribution in [2.24, 2.45) is 0 Å². The van der Waals surface area contributed by atoms with Gasteiger partial charge in [-0.1, -0.05) is 0 Å². The monoisotopic (exact) mass is 166 g/mol. The van der Waals surface area contributed by atoms with Crippen LogP contribution in [-0.4, -0.2) is 38.0 Å². The van der Waals surface area contributed by atoms with Gasteiger partial charge in [-0.25, -0.2) is 4.79 Å². The van der Waals surface area contributed by atoms with Gasteiger partial charge in [0.1, 0.15) is 0 Å². The van der Waals surface area contributed by atoms with Crippen LogP contribution in [0.2, 0.25) is 0 Å². The fourth-order valence-electron chi connectivity index (χ4n) is 0.247. The van der Waals surface area contributed by atoms with Gasteiger partial charge in [0, 0.05) is 0 Å². The van der Waals surface area contributed by atoms with Gasteiger partial charge in [-0.3, -0.25) is 0 Å². The number of aliphatic hydroxyl groups excluding tert-OH is 3. The summed E-state index contributed by atoms with van der Waals surface area (Å²) in [6.07, 6.45) is 0. The Labute approximate surface area is 60.4 Å². The molecule has 0 saturated heterocycles. The maximum Gasteiger partial charge on any atom is 0.378 e. The zero-order valence-corrected chi connectivity index (χ0v) is 5.13. The van der Waals surface area contributed by atoms with Crippen molar-refractivity contribution in [3.05, 3.63) is 11.7 Å². The summed E-state index contributed by atoms with van der Waals surface area (Å²) in [4.78, 5) is 9.81. The van der Waals surface area contributed by atoms with Crippen molar-refractivity contribution in [3.63, 3.8) is 0 Å². The van der Waals surface area contributed by atoms with Crippen LogP contribution in [0, 0.1) is 0 Å². The Bertz CT molecular complexity index is 181. The van der Waals surface area contributed by atoms with Crippen LogP contribution in [0.15, 0.2) is 11.7 Å². The third-order valence-corrected chi connectivity index (χ3v) is 0.622. The van der Waals surface area contributed by atoms with E-state index in [1.165, 1.54) is 0 Å². The highest BCUT2D eigenvalue weighted by molar-refractivity contribution is 5.83. The van der Waals surface area contributed by atoms with E-state index in [9.17, 15) is 4.79 Å². The zero-order chi connectivity index (χ0) is 9.02. The highest BCUT2D eigenvalue weighted by Gasteiger charge is 2.15. The van der Waals surface area contributed by atoms with Crippen LogP contribution >= 0.6 is 0 Å². The minimum atomic E-state index is -2.38. The van der Waals surface area contributed by atoms with Gasteiger partial charge >= 0.3 is 18.4 Å². The first-order valence-corrected chi connectivity index (χ1v) is 2.33. The van der Waals surface area contributed by atoms with Gasteiger partial charge < -0.3 is 30.3 Å². The molecule has 0 saturated carbocycles. The van der Waals surface area contributed by atoms with Gasteiger partial charge in [-0.2, -0.15) is 0 Å². The molecule has 11 heavy (non-hydrogen) atoms. The predicted molar refractivity (Wildman–Crippen MR) is 29.2 cm³/mol. The fourth-order valence-corrected chi connectivity index (χ4v) is 0.247. The number of rotatable bonds is 3. The van der Waals surface area contributed by atoms with Gasteiger partial charge in [0.2, 0.25) is 0 Å². The molecule has 0 radical (unpaired) electrons. The second-order valence-corrected chi connectivity index (χ2v) is 1.40. The van der Waals surface area contributed by atoms with Crippen molar-refractivity contribution in [1.29, 1.82) is 0 Å². The largest absolute Gasteiger partial charge is 0.497 e. The van der Waals surface area contributed by atoms with Crippen LogP contribution in [0.1, 0.15) is 0 Å². The highest BCUT2D eigenvalue weighted by atomic mass is 16.8. The average Bonchev–Trinajstić information content (AvgIpc) is 1.84. The minimum absolute atomic E-state index is 1.47. The molecule has 0 aliphatic rings. The Morgan fingerprint density at radius 1 is 1.18 bits per heavy atom. The number of aliphatic hydroxyl groups is 4. The number of carbonyl (C=O) groups is 1. The Hall–Kier alpha value is -1.47. The maximum absolute atomic E-state index is 9.81. The number of ether oxygens (including phenoxy) is 1. The fraction of sp³-hybridized carbons (Fsp3) is 0.250. The quantitative estimate of drug-likeness (QED) is 0.199. The molecule has 0 bridgehead atoms. The molecule has 0 rings (SSSR count). The Morgan fingerprint density at radius 3 is 1.91 bits per heavy atom. The third-order valence-electron chi connectivity index (χ3n) is 0.622. The van der Waals surface area contributed by atoms with E-state index in [4.69, 9.17) is 25.5 Å². The van der Waals surface area contributed by atoms with E-state index >= 15 is 0 Å². The van der Waals surface area contributed by atoms with Crippen molar-refractivity contribution < 1.29 is 35.1 Å². The molecule has 0 aromatic heterocycles. The maximum atomic E-state index is 9.81. The molecule has 5 N–H and O–H groups in total. The Morgan fingerprint density at radius 2 is 1.64 bits per heavy atom. The molecule has 7 nitrogen and oxygen atoms in total. The molecular weight excluding hydrogens is 160 g/mol. The second kappa shape index (κ2) is 3.64. The number of hydrogen-bond donors (Lipinski definition) is 5. The summed E-state index contributed by atoms with van der Waals surface area (Å²) in [5, 5.41) is 40.6. The lowest BCUT2D eigenvalue weighted by Crippen LogP contribution is -2.13. The normalized spacial score (nSPS) is 12.6. The van der Waals surface area contributed by atoms with Crippen LogP contribution < -0.4 is 0 Å². The van der Waals surface area contributed by atoms with E-state index in [1.54, 1.807) is 0 Å². The molecule has 64 valence electrons. The van der Waals surface area contributed by atoms with E-state index in [0.717, 1.165) is 0 Å². The van der Waals surface area contributed by atoms with Gasteiger partial charge in [0.15, 0.2) is 0 Å². The second-order valence-electron chi connectivity index (χ2n) is 1.40. The Balaban J connectivity index is 4.28. The summed E-state index contributed by atoms with van der Waals surface area (Å²) >= 11 is 0. The molecule has 0 heterocycles. The third kappa shape index (κ3) is 3.28. The van der Waals surface area contributed by atoms with Crippen LogP contribution in [0.25, 0.3) is 0 Å². The number of hydrogen-bond acceptors (Lipinski definition) is 6. The molecule has 0 aromatic carbocycles.